The lowest BCUT2D eigenvalue weighted by atomic mass is 10.00. The zero-order chi connectivity index (χ0) is 69.6. The molecule has 0 aliphatic heterocycles. The molecular weight excluding hydrogens is 1230 g/mol. The number of rotatable bonds is 72. The van der Waals surface area contributed by atoms with Crippen LogP contribution in [0.2, 0.25) is 0 Å². The minimum atomic E-state index is -4.96. The quantitative estimate of drug-likeness (QED) is 0.0222. The lowest BCUT2D eigenvalue weighted by molar-refractivity contribution is -0.161. The van der Waals surface area contributed by atoms with E-state index in [1.807, 2.05) is 0 Å². The summed E-state index contributed by atoms with van der Waals surface area (Å²) >= 11 is 0. The molecule has 94 heavy (non-hydrogen) atoms. The van der Waals surface area contributed by atoms with Crippen molar-refractivity contribution in [1.29, 1.82) is 0 Å². The van der Waals surface area contributed by atoms with E-state index in [4.69, 9.17) is 37.0 Å². The Morgan fingerprint density at radius 2 is 0.511 bits per heavy atom. The maximum Gasteiger partial charge on any atom is 0.472 e. The predicted molar refractivity (Wildman–Crippen MR) is 381 cm³/mol. The van der Waals surface area contributed by atoms with Gasteiger partial charge in [-0.05, 0) is 49.4 Å². The van der Waals surface area contributed by atoms with E-state index >= 15 is 0 Å². The molecule has 3 N–H and O–H groups in total. The second-order valence-electron chi connectivity index (χ2n) is 28.7. The van der Waals surface area contributed by atoms with Gasteiger partial charge in [-0.25, -0.2) is 9.13 Å². The Labute approximate surface area is 575 Å². The molecule has 0 saturated heterocycles. The number of unbranched alkanes of at least 4 members (excludes halogenated alkanes) is 37. The van der Waals surface area contributed by atoms with Gasteiger partial charge in [-0.3, -0.25) is 37.3 Å². The molecular formula is C75H146O17P2. The van der Waals surface area contributed by atoms with E-state index in [0.29, 0.717) is 31.6 Å². The number of aliphatic hydroxyl groups is 1. The second kappa shape index (κ2) is 64.4. The molecule has 6 atom stereocenters. The summed E-state index contributed by atoms with van der Waals surface area (Å²) in [6, 6.07) is 0. The molecule has 0 aromatic heterocycles. The van der Waals surface area contributed by atoms with Gasteiger partial charge in [0, 0.05) is 25.7 Å². The van der Waals surface area contributed by atoms with Crippen LogP contribution in [-0.4, -0.2) is 96.7 Å². The summed E-state index contributed by atoms with van der Waals surface area (Å²) in [7, 11) is -9.91. The highest BCUT2D eigenvalue weighted by atomic mass is 31.2. The molecule has 0 spiro atoms. The van der Waals surface area contributed by atoms with Crippen molar-refractivity contribution in [3.8, 4) is 0 Å². The van der Waals surface area contributed by atoms with Gasteiger partial charge in [-0.15, -0.1) is 0 Å². The Hall–Kier alpha value is -1.94. The predicted octanol–water partition coefficient (Wildman–Crippen LogP) is 21.7. The zero-order valence-corrected chi connectivity index (χ0v) is 63.4. The Morgan fingerprint density at radius 1 is 0.298 bits per heavy atom. The number of phosphoric acid groups is 2. The average Bonchev–Trinajstić information content (AvgIpc) is 1.22. The van der Waals surface area contributed by atoms with Crippen LogP contribution < -0.4 is 0 Å². The minimum absolute atomic E-state index is 0.103. The number of phosphoric ester groups is 2. The van der Waals surface area contributed by atoms with Crippen molar-refractivity contribution in [3.63, 3.8) is 0 Å². The van der Waals surface area contributed by atoms with E-state index in [9.17, 15) is 43.2 Å². The Balaban J connectivity index is 5.14. The summed E-state index contributed by atoms with van der Waals surface area (Å²) in [6.45, 7) is 14.1. The Morgan fingerprint density at radius 3 is 0.755 bits per heavy atom. The molecule has 17 nitrogen and oxygen atoms in total. The first-order valence-corrected chi connectivity index (χ1v) is 41.7. The number of esters is 4. The van der Waals surface area contributed by atoms with Crippen LogP contribution in [0.3, 0.4) is 0 Å². The van der Waals surface area contributed by atoms with Crippen LogP contribution >= 0.6 is 15.6 Å². The van der Waals surface area contributed by atoms with Gasteiger partial charge in [-0.1, -0.05) is 325 Å². The van der Waals surface area contributed by atoms with Crippen LogP contribution in [0.1, 0.15) is 376 Å². The fourth-order valence-corrected chi connectivity index (χ4v) is 12.9. The molecule has 19 heteroatoms. The standard InChI is InChI=1S/C75H146O17P2/c1-9-68(8)54-46-38-32-34-42-50-58-75(80)92-71(61-85-72(77)55-47-39-29-25-21-17-15-13-11-10-12-14-16-19-23-27-35-43-51-65(2)3)64-90-94(83,84)88-60-69(76)59-87-93(81,82)89-63-70(62-86-73(78)56-48-40-33-31-37-45-53-67(6)7)91-74(79)57-49-41-30-26-22-18-20-24-28-36-44-52-66(4)5/h65-71,76H,9-64H2,1-8H3,(H,81,82)(H,83,84)/t68?,69-,70+,71+/m0/s1. The van der Waals surface area contributed by atoms with Gasteiger partial charge in [0.2, 0.25) is 0 Å². The molecule has 0 saturated carbocycles. The van der Waals surface area contributed by atoms with Crippen LogP contribution in [0.5, 0.6) is 0 Å². The van der Waals surface area contributed by atoms with Gasteiger partial charge < -0.3 is 33.8 Å². The van der Waals surface area contributed by atoms with Crippen molar-refractivity contribution in [2.45, 2.75) is 395 Å². The van der Waals surface area contributed by atoms with E-state index in [0.717, 1.165) is 114 Å². The third-order valence-corrected chi connectivity index (χ3v) is 19.6. The summed E-state index contributed by atoms with van der Waals surface area (Å²) in [6.07, 6.45) is 48.9. The van der Waals surface area contributed by atoms with Crippen molar-refractivity contribution in [1.82, 2.24) is 0 Å². The number of hydrogen-bond acceptors (Lipinski definition) is 15. The molecule has 558 valence electrons. The normalized spacial score (nSPS) is 14.4. The first-order valence-electron chi connectivity index (χ1n) is 38.7. The summed E-state index contributed by atoms with van der Waals surface area (Å²) in [5, 5.41) is 10.6. The molecule has 3 unspecified atom stereocenters. The minimum Gasteiger partial charge on any atom is -0.462 e. The number of carbonyl (C=O) groups excluding carboxylic acids is 4. The van der Waals surface area contributed by atoms with Crippen molar-refractivity contribution in [3.05, 3.63) is 0 Å². The molecule has 0 aromatic carbocycles. The maximum absolute atomic E-state index is 13.0. The van der Waals surface area contributed by atoms with Crippen molar-refractivity contribution in [2.75, 3.05) is 39.6 Å². The van der Waals surface area contributed by atoms with Gasteiger partial charge in [-0.2, -0.15) is 0 Å². The van der Waals surface area contributed by atoms with E-state index in [-0.39, 0.29) is 25.7 Å². The van der Waals surface area contributed by atoms with E-state index in [1.165, 1.54) is 173 Å². The highest BCUT2D eigenvalue weighted by Crippen LogP contribution is 2.45. The third kappa shape index (κ3) is 67.3. The highest BCUT2D eigenvalue weighted by Gasteiger charge is 2.30. The lowest BCUT2D eigenvalue weighted by Gasteiger charge is -2.21. The number of hydrogen-bond donors (Lipinski definition) is 3. The summed E-state index contributed by atoms with van der Waals surface area (Å²) in [4.78, 5) is 72.6. The van der Waals surface area contributed by atoms with Gasteiger partial charge in [0.15, 0.2) is 12.2 Å². The van der Waals surface area contributed by atoms with E-state index in [2.05, 4.69) is 55.4 Å². The molecule has 0 heterocycles. The monoisotopic (exact) mass is 1380 g/mol. The van der Waals surface area contributed by atoms with Gasteiger partial charge in [0.1, 0.15) is 19.3 Å². The van der Waals surface area contributed by atoms with Gasteiger partial charge in [0.05, 0.1) is 26.4 Å². The molecule has 0 aliphatic carbocycles. The molecule has 0 amide bonds. The van der Waals surface area contributed by atoms with Crippen molar-refractivity contribution < 1.29 is 80.2 Å². The molecule has 0 aromatic rings. The molecule has 0 bridgehead atoms. The fraction of sp³-hybridized carbons (Fsp3) is 0.947. The molecule has 0 radical (unpaired) electrons. The number of aliphatic hydroxyl groups excluding tert-OH is 1. The zero-order valence-electron chi connectivity index (χ0n) is 61.6. The molecule has 0 fully saturated rings. The van der Waals surface area contributed by atoms with Crippen LogP contribution in [0, 0.1) is 23.7 Å². The molecule has 0 aliphatic rings. The van der Waals surface area contributed by atoms with Crippen molar-refractivity contribution >= 4 is 39.5 Å². The Kier molecular flexibility index (Phi) is 63.1. The van der Waals surface area contributed by atoms with E-state index < -0.39 is 97.5 Å². The number of ether oxygens (including phenoxy) is 4. The average molecular weight is 1380 g/mol. The largest absolute Gasteiger partial charge is 0.472 e. The van der Waals surface area contributed by atoms with Gasteiger partial charge in [0.25, 0.3) is 0 Å². The third-order valence-electron chi connectivity index (χ3n) is 17.7. The molecule has 0 rings (SSSR count). The highest BCUT2D eigenvalue weighted by molar-refractivity contribution is 7.47. The summed E-state index contributed by atoms with van der Waals surface area (Å²) < 4.78 is 68.4. The van der Waals surface area contributed by atoms with Crippen molar-refractivity contribution in [2.24, 2.45) is 23.7 Å². The lowest BCUT2D eigenvalue weighted by Crippen LogP contribution is -2.30. The first-order chi connectivity index (χ1) is 45.1. The number of carbonyl (C=O) groups is 4. The maximum atomic E-state index is 13.0. The first kappa shape index (κ1) is 92.1. The summed E-state index contributed by atoms with van der Waals surface area (Å²) in [5.41, 5.74) is 0. The fourth-order valence-electron chi connectivity index (χ4n) is 11.3. The van der Waals surface area contributed by atoms with Gasteiger partial charge >= 0.3 is 39.5 Å². The smallest absolute Gasteiger partial charge is 0.462 e. The Bertz CT molecular complexity index is 1850. The van der Waals surface area contributed by atoms with Crippen LogP contribution in [0.15, 0.2) is 0 Å². The van der Waals surface area contributed by atoms with E-state index in [1.54, 1.807) is 0 Å². The van der Waals surface area contributed by atoms with Crippen LogP contribution in [-0.2, 0) is 65.4 Å². The SMILES string of the molecule is CCC(C)CCCCCCCCC(=O)O[C@H](COC(=O)CCCCCCCCCCCCCCCCCCCCC(C)C)COP(=O)(O)OC[C@@H](O)COP(=O)(O)OC[C@@H](COC(=O)CCCCCCCCC(C)C)OC(=O)CCCCCCCCCCCCCC(C)C. The second-order valence-corrected chi connectivity index (χ2v) is 31.6. The topological polar surface area (TPSA) is 237 Å². The van der Waals surface area contributed by atoms with Crippen LogP contribution in [0.25, 0.3) is 0 Å². The van der Waals surface area contributed by atoms with Crippen LogP contribution in [0.4, 0.5) is 0 Å². The summed E-state index contributed by atoms with van der Waals surface area (Å²) in [5.74, 6) is 0.860.